The van der Waals surface area contributed by atoms with E-state index in [-0.39, 0.29) is 5.91 Å². The summed E-state index contributed by atoms with van der Waals surface area (Å²) in [6, 6.07) is 16.0. The Morgan fingerprint density at radius 2 is 1.81 bits per heavy atom. The van der Waals surface area contributed by atoms with Crippen LogP contribution in [0.15, 0.2) is 48.5 Å². The van der Waals surface area contributed by atoms with Crippen LogP contribution in [0.4, 0.5) is 11.4 Å². The third-order valence-corrected chi connectivity index (χ3v) is 4.96. The SMILES string of the molecule is CC(C)COc1ccc(C(=O)Nc2ccc(N3CCCC[C@H]3C)cc2)cc1. The summed E-state index contributed by atoms with van der Waals surface area (Å²) in [5.41, 5.74) is 2.67. The molecule has 4 heteroatoms. The predicted octanol–water partition coefficient (Wildman–Crippen LogP) is 5.35. The average molecular weight is 367 g/mol. The molecule has 0 unspecified atom stereocenters. The molecule has 27 heavy (non-hydrogen) atoms. The highest BCUT2D eigenvalue weighted by atomic mass is 16.5. The number of anilines is 2. The molecule has 3 rings (SSSR count). The number of hydrogen-bond donors (Lipinski definition) is 1. The largest absolute Gasteiger partial charge is 0.493 e. The van der Waals surface area contributed by atoms with E-state index < -0.39 is 0 Å². The van der Waals surface area contributed by atoms with E-state index in [0.29, 0.717) is 24.1 Å². The van der Waals surface area contributed by atoms with Crippen molar-refractivity contribution in [3.05, 3.63) is 54.1 Å². The quantitative estimate of drug-likeness (QED) is 0.749. The van der Waals surface area contributed by atoms with Gasteiger partial charge in [0.15, 0.2) is 0 Å². The summed E-state index contributed by atoms with van der Waals surface area (Å²) in [6.45, 7) is 8.28. The lowest BCUT2D eigenvalue weighted by Gasteiger charge is -2.35. The lowest BCUT2D eigenvalue weighted by atomic mass is 10.0. The molecule has 1 fully saturated rings. The van der Waals surface area contributed by atoms with E-state index in [0.717, 1.165) is 18.0 Å². The minimum atomic E-state index is -0.107. The van der Waals surface area contributed by atoms with Crippen molar-refractivity contribution < 1.29 is 9.53 Å². The van der Waals surface area contributed by atoms with Gasteiger partial charge in [0.25, 0.3) is 5.91 Å². The Morgan fingerprint density at radius 3 is 2.44 bits per heavy atom. The topological polar surface area (TPSA) is 41.6 Å². The van der Waals surface area contributed by atoms with Crippen LogP contribution in [0.3, 0.4) is 0 Å². The summed E-state index contributed by atoms with van der Waals surface area (Å²) >= 11 is 0. The number of ether oxygens (including phenoxy) is 1. The van der Waals surface area contributed by atoms with Gasteiger partial charge in [-0.2, -0.15) is 0 Å². The monoisotopic (exact) mass is 366 g/mol. The number of carbonyl (C=O) groups is 1. The van der Waals surface area contributed by atoms with Gasteiger partial charge < -0.3 is 15.0 Å². The van der Waals surface area contributed by atoms with Crippen molar-refractivity contribution in [2.24, 2.45) is 5.92 Å². The van der Waals surface area contributed by atoms with E-state index in [2.05, 4.69) is 43.1 Å². The first-order valence-electron chi connectivity index (χ1n) is 9.94. The van der Waals surface area contributed by atoms with Crippen molar-refractivity contribution in [1.29, 1.82) is 0 Å². The van der Waals surface area contributed by atoms with Crippen LogP contribution >= 0.6 is 0 Å². The number of rotatable bonds is 6. The zero-order valence-corrected chi connectivity index (χ0v) is 16.6. The molecule has 2 aromatic rings. The molecule has 0 aromatic heterocycles. The van der Waals surface area contributed by atoms with Gasteiger partial charge in [-0.25, -0.2) is 0 Å². The number of hydrogen-bond acceptors (Lipinski definition) is 3. The number of nitrogens with one attached hydrogen (secondary N) is 1. The molecule has 1 aliphatic heterocycles. The molecule has 1 amide bonds. The van der Waals surface area contributed by atoms with Gasteiger partial charge in [0, 0.05) is 29.5 Å². The average Bonchev–Trinajstić information content (AvgIpc) is 2.68. The zero-order valence-electron chi connectivity index (χ0n) is 16.6. The Bertz CT molecular complexity index is 738. The van der Waals surface area contributed by atoms with Gasteiger partial charge in [-0.3, -0.25) is 4.79 Å². The van der Waals surface area contributed by atoms with Gasteiger partial charge in [-0.15, -0.1) is 0 Å². The summed E-state index contributed by atoms with van der Waals surface area (Å²) < 4.78 is 5.66. The zero-order chi connectivity index (χ0) is 19.2. The lowest BCUT2D eigenvalue weighted by molar-refractivity contribution is 0.102. The number of carbonyl (C=O) groups excluding carboxylic acids is 1. The summed E-state index contributed by atoms with van der Waals surface area (Å²) in [4.78, 5) is 14.9. The molecule has 0 bridgehead atoms. The number of amides is 1. The van der Waals surface area contributed by atoms with Crippen LogP contribution in [0.1, 0.15) is 50.4 Å². The van der Waals surface area contributed by atoms with Gasteiger partial charge in [-0.05, 0) is 80.6 Å². The van der Waals surface area contributed by atoms with Crippen LogP contribution in [0.2, 0.25) is 0 Å². The van der Waals surface area contributed by atoms with Gasteiger partial charge in [0.05, 0.1) is 6.61 Å². The molecule has 1 aliphatic rings. The third-order valence-electron chi connectivity index (χ3n) is 4.96. The van der Waals surface area contributed by atoms with Gasteiger partial charge in [-0.1, -0.05) is 13.8 Å². The lowest BCUT2D eigenvalue weighted by Crippen LogP contribution is -2.37. The van der Waals surface area contributed by atoms with E-state index in [1.807, 2.05) is 24.3 Å². The van der Waals surface area contributed by atoms with Crippen LogP contribution in [-0.4, -0.2) is 25.1 Å². The van der Waals surface area contributed by atoms with Crippen LogP contribution in [0.5, 0.6) is 5.75 Å². The molecule has 0 saturated carbocycles. The Morgan fingerprint density at radius 1 is 1.11 bits per heavy atom. The summed E-state index contributed by atoms with van der Waals surface area (Å²) in [7, 11) is 0. The van der Waals surface area contributed by atoms with E-state index >= 15 is 0 Å². The second-order valence-corrected chi connectivity index (χ2v) is 7.77. The van der Waals surface area contributed by atoms with E-state index in [1.54, 1.807) is 12.1 Å². The molecule has 1 heterocycles. The van der Waals surface area contributed by atoms with Crippen molar-refractivity contribution in [3.8, 4) is 5.75 Å². The van der Waals surface area contributed by atoms with Crippen LogP contribution in [0.25, 0.3) is 0 Å². The first-order valence-corrected chi connectivity index (χ1v) is 9.94. The second kappa shape index (κ2) is 8.94. The number of nitrogens with zero attached hydrogens (tertiary/aromatic N) is 1. The van der Waals surface area contributed by atoms with Crippen molar-refractivity contribution in [2.75, 3.05) is 23.4 Å². The smallest absolute Gasteiger partial charge is 0.255 e. The highest BCUT2D eigenvalue weighted by molar-refractivity contribution is 6.04. The minimum Gasteiger partial charge on any atom is -0.493 e. The Hall–Kier alpha value is -2.49. The Kier molecular flexibility index (Phi) is 6.38. The minimum absolute atomic E-state index is 0.107. The second-order valence-electron chi connectivity index (χ2n) is 7.77. The molecule has 0 spiro atoms. The van der Waals surface area contributed by atoms with Crippen molar-refractivity contribution in [2.45, 2.75) is 46.1 Å². The maximum absolute atomic E-state index is 12.5. The summed E-state index contributed by atoms with van der Waals surface area (Å²) in [6.07, 6.45) is 3.81. The highest BCUT2D eigenvalue weighted by Crippen LogP contribution is 2.26. The molecule has 1 atom stereocenters. The van der Waals surface area contributed by atoms with E-state index in [9.17, 15) is 4.79 Å². The fourth-order valence-electron chi connectivity index (χ4n) is 3.39. The van der Waals surface area contributed by atoms with Crippen LogP contribution in [0, 0.1) is 5.92 Å². The maximum atomic E-state index is 12.5. The van der Waals surface area contributed by atoms with Crippen molar-refractivity contribution in [3.63, 3.8) is 0 Å². The molecule has 1 N–H and O–H groups in total. The first kappa shape index (κ1) is 19.3. The highest BCUT2D eigenvalue weighted by Gasteiger charge is 2.18. The standard InChI is InChI=1S/C23H30N2O2/c1-17(2)16-27-22-13-7-19(8-14-22)23(26)24-20-9-11-21(12-10-20)25-15-5-4-6-18(25)3/h7-14,17-18H,4-6,15-16H2,1-3H3,(H,24,26)/t18-/m1/s1. The molecule has 0 radical (unpaired) electrons. The van der Waals surface area contributed by atoms with Gasteiger partial charge >= 0.3 is 0 Å². The normalized spacial score (nSPS) is 17.0. The van der Waals surface area contributed by atoms with E-state index in [1.165, 1.54) is 24.9 Å². The maximum Gasteiger partial charge on any atom is 0.255 e. The van der Waals surface area contributed by atoms with Gasteiger partial charge in [0.2, 0.25) is 0 Å². The van der Waals surface area contributed by atoms with Crippen molar-refractivity contribution >= 4 is 17.3 Å². The van der Waals surface area contributed by atoms with Crippen LogP contribution < -0.4 is 15.0 Å². The first-order chi connectivity index (χ1) is 13.0. The third kappa shape index (κ3) is 5.25. The molecular formula is C23H30N2O2. The summed E-state index contributed by atoms with van der Waals surface area (Å²) in [5, 5.41) is 2.97. The fourth-order valence-corrected chi connectivity index (χ4v) is 3.39. The Labute approximate surface area is 162 Å². The Balaban J connectivity index is 1.59. The molecule has 1 saturated heterocycles. The fraction of sp³-hybridized carbons (Fsp3) is 0.435. The van der Waals surface area contributed by atoms with E-state index in [4.69, 9.17) is 4.74 Å². The molecule has 2 aromatic carbocycles. The molecule has 0 aliphatic carbocycles. The summed E-state index contributed by atoms with van der Waals surface area (Å²) in [5.74, 6) is 1.16. The number of benzene rings is 2. The predicted molar refractivity (Wildman–Crippen MR) is 112 cm³/mol. The molecule has 4 nitrogen and oxygen atoms in total. The number of piperidine rings is 1. The van der Waals surface area contributed by atoms with Crippen LogP contribution in [-0.2, 0) is 0 Å². The molecule has 144 valence electrons. The molecular weight excluding hydrogens is 336 g/mol. The van der Waals surface area contributed by atoms with Gasteiger partial charge in [0.1, 0.15) is 5.75 Å². The van der Waals surface area contributed by atoms with Crippen molar-refractivity contribution in [1.82, 2.24) is 0 Å².